The Labute approximate surface area is 82.5 Å². The summed E-state index contributed by atoms with van der Waals surface area (Å²) in [5.74, 6) is 4.15. The van der Waals surface area contributed by atoms with Crippen molar-refractivity contribution < 1.29 is 0 Å². The van der Waals surface area contributed by atoms with Gasteiger partial charge in [-0.05, 0) is 60.8 Å². The van der Waals surface area contributed by atoms with E-state index in [1.165, 1.54) is 25.7 Å². The predicted octanol–water partition coefficient (Wildman–Crippen LogP) is 3.72. The van der Waals surface area contributed by atoms with E-state index in [-0.39, 0.29) is 0 Å². The Bertz CT molecular complexity index is 199. The van der Waals surface area contributed by atoms with Crippen LogP contribution >= 0.6 is 15.9 Å². The molecule has 0 aromatic heterocycles. The molecule has 4 bridgehead atoms. The summed E-state index contributed by atoms with van der Waals surface area (Å²) in [5, 5.41) is 0. The van der Waals surface area contributed by atoms with Gasteiger partial charge in [-0.15, -0.1) is 0 Å². The third-order valence-corrected chi connectivity index (χ3v) is 4.74. The lowest BCUT2D eigenvalue weighted by molar-refractivity contribution is 0.0701. The second-order valence-electron chi connectivity index (χ2n) is 4.91. The Morgan fingerprint density at radius 2 is 1.42 bits per heavy atom. The third kappa shape index (κ3) is 0.951. The molecule has 0 heterocycles. The van der Waals surface area contributed by atoms with Crippen LogP contribution in [0.3, 0.4) is 0 Å². The zero-order valence-electron chi connectivity index (χ0n) is 7.30. The van der Waals surface area contributed by atoms with E-state index in [9.17, 15) is 0 Å². The summed E-state index contributed by atoms with van der Waals surface area (Å²) in [6, 6.07) is 0. The predicted molar refractivity (Wildman–Crippen MR) is 54.1 cm³/mol. The van der Waals surface area contributed by atoms with Gasteiger partial charge in [-0.3, -0.25) is 0 Å². The summed E-state index contributed by atoms with van der Waals surface area (Å²) in [7, 11) is 0. The SMILES string of the molecule is BrC=C1C2CC3CC(C2)CC1C3. The lowest BCUT2D eigenvalue weighted by Gasteiger charge is -2.51. The Kier molecular flexibility index (Phi) is 1.65. The molecule has 0 atom stereocenters. The molecule has 0 nitrogen and oxygen atoms in total. The minimum atomic E-state index is 0.973. The zero-order valence-corrected chi connectivity index (χ0v) is 8.89. The van der Waals surface area contributed by atoms with Crippen molar-refractivity contribution in [1.29, 1.82) is 0 Å². The van der Waals surface area contributed by atoms with E-state index in [1.807, 2.05) is 0 Å². The first-order valence-corrected chi connectivity index (χ1v) is 6.08. The molecule has 0 saturated heterocycles. The Balaban J connectivity index is 1.95. The number of hydrogen-bond donors (Lipinski definition) is 0. The molecule has 12 heavy (non-hydrogen) atoms. The highest BCUT2D eigenvalue weighted by atomic mass is 79.9. The Hall–Kier alpha value is 0.220. The Morgan fingerprint density at radius 1 is 0.917 bits per heavy atom. The fourth-order valence-electron chi connectivity index (χ4n) is 3.91. The number of hydrogen-bond acceptors (Lipinski definition) is 0. The van der Waals surface area contributed by atoms with Gasteiger partial charge in [0.1, 0.15) is 0 Å². The molecule has 0 aromatic rings. The van der Waals surface area contributed by atoms with Crippen LogP contribution in [0.25, 0.3) is 0 Å². The van der Waals surface area contributed by atoms with Gasteiger partial charge in [0.2, 0.25) is 0 Å². The average molecular weight is 227 g/mol. The van der Waals surface area contributed by atoms with E-state index in [4.69, 9.17) is 0 Å². The molecule has 0 amide bonds. The maximum absolute atomic E-state index is 3.54. The molecule has 66 valence electrons. The average Bonchev–Trinajstić information content (AvgIpc) is 2.02. The summed E-state index contributed by atoms with van der Waals surface area (Å²) in [6.45, 7) is 0. The summed E-state index contributed by atoms with van der Waals surface area (Å²) >= 11 is 3.54. The highest BCUT2D eigenvalue weighted by Gasteiger charge is 2.44. The minimum absolute atomic E-state index is 0.973. The van der Waals surface area contributed by atoms with Gasteiger partial charge in [-0.25, -0.2) is 0 Å². The van der Waals surface area contributed by atoms with Gasteiger partial charge in [0, 0.05) is 0 Å². The molecule has 4 aliphatic rings. The van der Waals surface area contributed by atoms with Crippen LogP contribution in [0.5, 0.6) is 0 Å². The van der Waals surface area contributed by atoms with E-state index >= 15 is 0 Å². The first-order valence-electron chi connectivity index (χ1n) is 5.17. The number of rotatable bonds is 0. The molecule has 4 aliphatic carbocycles. The molecule has 0 radical (unpaired) electrons. The normalized spacial score (nSPS) is 49.9. The monoisotopic (exact) mass is 226 g/mol. The van der Waals surface area contributed by atoms with Gasteiger partial charge < -0.3 is 0 Å². The van der Waals surface area contributed by atoms with Gasteiger partial charge in [0.25, 0.3) is 0 Å². The van der Waals surface area contributed by atoms with Gasteiger partial charge in [0.15, 0.2) is 0 Å². The van der Waals surface area contributed by atoms with Crippen LogP contribution in [-0.4, -0.2) is 0 Å². The van der Waals surface area contributed by atoms with E-state index in [1.54, 1.807) is 12.0 Å². The van der Waals surface area contributed by atoms with Crippen molar-refractivity contribution in [2.24, 2.45) is 23.7 Å². The van der Waals surface area contributed by atoms with Crippen LogP contribution in [0, 0.1) is 23.7 Å². The summed E-state index contributed by atoms with van der Waals surface area (Å²) in [5.41, 5.74) is 1.75. The van der Waals surface area contributed by atoms with Crippen molar-refractivity contribution in [3.63, 3.8) is 0 Å². The molecule has 0 aliphatic heterocycles. The molecule has 4 saturated carbocycles. The first kappa shape index (κ1) is 7.61. The van der Waals surface area contributed by atoms with Gasteiger partial charge >= 0.3 is 0 Å². The van der Waals surface area contributed by atoms with Crippen LogP contribution in [0.15, 0.2) is 10.6 Å². The number of halogens is 1. The Morgan fingerprint density at radius 3 is 1.83 bits per heavy atom. The highest BCUT2D eigenvalue weighted by Crippen LogP contribution is 2.56. The highest BCUT2D eigenvalue weighted by molar-refractivity contribution is 9.11. The van der Waals surface area contributed by atoms with Crippen LogP contribution in [-0.2, 0) is 0 Å². The van der Waals surface area contributed by atoms with E-state index in [2.05, 4.69) is 20.9 Å². The first-order chi connectivity index (χ1) is 5.86. The molecule has 1 heteroatoms. The molecule has 0 unspecified atom stereocenters. The fraction of sp³-hybridized carbons (Fsp3) is 0.818. The van der Waals surface area contributed by atoms with E-state index < -0.39 is 0 Å². The lowest BCUT2D eigenvalue weighted by Crippen LogP contribution is -2.40. The van der Waals surface area contributed by atoms with Crippen molar-refractivity contribution >= 4 is 15.9 Å². The molecular weight excluding hydrogens is 212 g/mol. The summed E-state index contributed by atoms with van der Waals surface area (Å²) in [6.07, 6.45) is 7.58. The van der Waals surface area contributed by atoms with Crippen molar-refractivity contribution in [3.8, 4) is 0 Å². The molecule has 0 spiro atoms. The van der Waals surface area contributed by atoms with Crippen molar-refractivity contribution in [1.82, 2.24) is 0 Å². The second kappa shape index (κ2) is 2.60. The standard InChI is InChI=1S/C11H15Br/c12-6-11-9-2-7-1-8(4-9)5-10(11)3-7/h6-10H,1-5H2. The van der Waals surface area contributed by atoms with E-state index in [0.29, 0.717) is 0 Å². The third-order valence-electron chi connectivity index (χ3n) is 4.21. The lowest BCUT2D eigenvalue weighted by atomic mass is 9.54. The number of allylic oxidation sites excluding steroid dienone is 1. The van der Waals surface area contributed by atoms with Crippen LogP contribution < -0.4 is 0 Å². The minimum Gasteiger partial charge on any atom is -0.0595 e. The van der Waals surface area contributed by atoms with Crippen LogP contribution in [0.1, 0.15) is 32.1 Å². The maximum atomic E-state index is 3.54. The second-order valence-corrected chi connectivity index (χ2v) is 5.37. The largest absolute Gasteiger partial charge is 0.0595 e. The van der Waals surface area contributed by atoms with Crippen LogP contribution in [0.4, 0.5) is 0 Å². The molecule has 0 N–H and O–H groups in total. The molecule has 0 aromatic carbocycles. The maximum Gasteiger partial charge on any atom is -0.0187 e. The smallest absolute Gasteiger partial charge is 0.0187 e. The quantitative estimate of drug-likeness (QED) is 0.591. The summed E-state index contributed by atoms with van der Waals surface area (Å²) < 4.78 is 0. The van der Waals surface area contributed by atoms with Crippen molar-refractivity contribution in [3.05, 3.63) is 10.6 Å². The molecule has 4 rings (SSSR count). The summed E-state index contributed by atoms with van der Waals surface area (Å²) in [4.78, 5) is 2.24. The van der Waals surface area contributed by atoms with Gasteiger partial charge in [-0.1, -0.05) is 21.5 Å². The van der Waals surface area contributed by atoms with E-state index in [0.717, 1.165) is 23.7 Å². The van der Waals surface area contributed by atoms with Gasteiger partial charge in [0.05, 0.1) is 0 Å². The van der Waals surface area contributed by atoms with Crippen molar-refractivity contribution in [2.45, 2.75) is 32.1 Å². The fourth-order valence-corrected chi connectivity index (χ4v) is 4.65. The molecule has 4 fully saturated rings. The molecular formula is C11H15Br. The zero-order chi connectivity index (χ0) is 8.13. The van der Waals surface area contributed by atoms with Crippen molar-refractivity contribution in [2.75, 3.05) is 0 Å². The topological polar surface area (TPSA) is 0 Å². The van der Waals surface area contributed by atoms with Gasteiger partial charge in [-0.2, -0.15) is 0 Å². The van der Waals surface area contributed by atoms with Crippen LogP contribution in [0.2, 0.25) is 0 Å².